The average molecular weight is 162 g/mol. The van der Waals surface area contributed by atoms with Gasteiger partial charge in [0, 0.05) is 11.8 Å². The van der Waals surface area contributed by atoms with Crippen LogP contribution < -0.4 is 0 Å². The molecule has 0 amide bonds. The number of rotatable bonds is 1. The Morgan fingerprint density at radius 3 is 2.17 bits per heavy atom. The van der Waals surface area contributed by atoms with E-state index in [-0.39, 0.29) is 0 Å². The largest absolute Gasteiger partial charge is 0.381 e. The third kappa shape index (κ3) is 0.793. The Hall–Kier alpha value is -0.480. The normalized spacial score (nSPS) is 50.9. The van der Waals surface area contributed by atoms with Gasteiger partial charge in [-0.05, 0) is 30.6 Å². The molecule has 4 atom stereocenters. The van der Waals surface area contributed by atoms with Gasteiger partial charge >= 0.3 is 0 Å². The zero-order chi connectivity index (χ0) is 8.13. The monoisotopic (exact) mass is 162 g/mol. The van der Waals surface area contributed by atoms with Crippen molar-refractivity contribution in [3.05, 3.63) is 0 Å². The van der Waals surface area contributed by atoms with Crippen molar-refractivity contribution in [2.24, 2.45) is 29.6 Å². The fourth-order valence-corrected chi connectivity index (χ4v) is 3.04. The van der Waals surface area contributed by atoms with Crippen LogP contribution >= 0.6 is 0 Å². The summed E-state index contributed by atoms with van der Waals surface area (Å²) in [5, 5.41) is 0. The van der Waals surface area contributed by atoms with Gasteiger partial charge < -0.3 is 4.74 Å². The van der Waals surface area contributed by atoms with Crippen LogP contribution in [0, 0.1) is 41.9 Å². The van der Waals surface area contributed by atoms with Crippen LogP contribution in [0.2, 0.25) is 0 Å². The lowest BCUT2D eigenvalue weighted by Crippen LogP contribution is -2.34. The minimum Gasteiger partial charge on any atom is -0.381 e. The van der Waals surface area contributed by atoms with Crippen LogP contribution in [0.3, 0.4) is 0 Å². The maximum Gasteiger partial charge on any atom is 0.0519 e. The summed E-state index contributed by atoms with van der Waals surface area (Å²) in [6.45, 7) is 2.04. The Labute approximate surface area is 73.5 Å². The Balaban J connectivity index is 1.59. The number of hydrogen-bond acceptors (Lipinski definition) is 1. The summed E-state index contributed by atoms with van der Waals surface area (Å²) >= 11 is 0. The van der Waals surface area contributed by atoms with Crippen molar-refractivity contribution in [1.29, 1.82) is 0 Å². The van der Waals surface area contributed by atoms with Gasteiger partial charge in [-0.1, -0.05) is 0 Å². The molecule has 1 heteroatoms. The number of hydrogen-bond donors (Lipinski definition) is 0. The van der Waals surface area contributed by atoms with Gasteiger partial charge in [0.15, 0.2) is 0 Å². The molecule has 1 unspecified atom stereocenters. The van der Waals surface area contributed by atoms with Crippen LogP contribution in [0.4, 0.5) is 0 Å². The van der Waals surface area contributed by atoms with Gasteiger partial charge in [0.1, 0.15) is 0 Å². The van der Waals surface area contributed by atoms with Crippen LogP contribution in [0.25, 0.3) is 0 Å². The van der Waals surface area contributed by atoms with Crippen molar-refractivity contribution in [3.63, 3.8) is 0 Å². The molecular formula is C11H14O. The summed E-state index contributed by atoms with van der Waals surface area (Å²) in [6.07, 6.45) is 8.21. The molecule has 3 fully saturated rings. The molecule has 0 spiro atoms. The fourth-order valence-electron chi connectivity index (χ4n) is 3.04. The Bertz CT molecular complexity index is 224. The molecular weight excluding hydrogens is 148 g/mol. The van der Waals surface area contributed by atoms with Gasteiger partial charge in [0.2, 0.25) is 0 Å². The Morgan fingerprint density at radius 2 is 1.75 bits per heavy atom. The summed E-state index contributed by atoms with van der Waals surface area (Å²) in [4.78, 5) is 0. The van der Waals surface area contributed by atoms with E-state index >= 15 is 0 Å². The first-order valence-electron chi connectivity index (χ1n) is 4.94. The van der Waals surface area contributed by atoms with E-state index < -0.39 is 0 Å². The van der Waals surface area contributed by atoms with E-state index in [1.807, 2.05) is 0 Å². The van der Waals surface area contributed by atoms with Crippen molar-refractivity contribution in [3.8, 4) is 12.3 Å². The van der Waals surface area contributed by atoms with E-state index in [1.54, 1.807) is 0 Å². The number of terminal acetylenes is 1. The number of fused-ring (bicyclic) bond motifs is 1. The third-order valence-electron chi connectivity index (χ3n) is 4.00. The summed E-state index contributed by atoms with van der Waals surface area (Å²) in [7, 11) is 0. The van der Waals surface area contributed by atoms with E-state index in [0.717, 1.165) is 36.9 Å². The minimum atomic E-state index is 0.655. The van der Waals surface area contributed by atoms with Crippen LogP contribution in [-0.4, -0.2) is 13.2 Å². The van der Waals surface area contributed by atoms with Crippen molar-refractivity contribution in [2.45, 2.75) is 12.8 Å². The maximum atomic E-state index is 5.42. The first-order chi connectivity index (χ1) is 5.90. The highest BCUT2D eigenvalue weighted by Crippen LogP contribution is 2.61. The van der Waals surface area contributed by atoms with E-state index in [2.05, 4.69) is 5.92 Å². The van der Waals surface area contributed by atoms with Gasteiger partial charge in [0.25, 0.3) is 0 Å². The topological polar surface area (TPSA) is 9.23 Å². The highest BCUT2D eigenvalue weighted by molar-refractivity contribution is 5.17. The zero-order valence-electron chi connectivity index (χ0n) is 7.20. The van der Waals surface area contributed by atoms with E-state index in [9.17, 15) is 0 Å². The third-order valence-corrected chi connectivity index (χ3v) is 4.00. The Kier molecular flexibility index (Phi) is 1.32. The second-order valence-corrected chi connectivity index (χ2v) is 4.55. The standard InChI is InChI=1S/C11H14O/c1-2-9-10-3-7(4-11(9)10)8-5-12-6-8/h1,7-11H,3-6H2/t7?,9-,10-,11+. The molecule has 64 valence electrons. The molecule has 2 saturated carbocycles. The fraction of sp³-hybridized carbons (Fsp3) is 0.818. The SMILES string of the molecule is C#C[C@@H]1[C@H]2CC(C3COC3)C[C@@H]12. The summed E-state index contributed by atoms with van der Waals surface area (Å²) in [5.41, 5.74) is 0. The van der Waals surface area contributed by atoms with E-state index in [4.69, 9.17) is 11.2 Å². The first kappa shape index (κ1) is 6.97. The van der Waals surface area contributed by atoms with Crippen LogP contribution in [-0.2, 0) is 4.74 Å². The second kappa shape index (κ2) is 2.26. The molecule has 1 nitrogen and oxygen atoms in total. The smallest absolute Gasteiger partial charge is 0.0519 e. The molecule has 2 aliphatic carbocycles. The molecule has 1 aliphatic heterocycles. The summed E-state index contributed by atoms with van der Waals surface area (Å²) in [6, 6.07) is 0. The van der Waals surface area contributed by atoms with Gasteiger partial charge in [-0.2, -0.15) is 0 Å². The van der Waals surface area contributed by atoms with Crippen LogP contribution in [0.1, 0.15) is 12.8 Å². The predicted octanol–water partition coefficient (Wildman–Crippen LogP) is 1.54. The first-order valence-corrected chi connectivity index (χ1v) is 4.94. The second-order valence-electron chi connectivity index (χ2n) is 4.55. The van der Waals surface area contributed by atoms with Crippen molar-refractivity contribution in [1.82, 2.24) is 0 Å². The molecule has 3 aliphatic rings. The molecule has 12 heavy (non-hydrogen) atoms. The van der Waals surface area contributed by atoms with Gasteiger partial charge in [-0.3, -0.25) is 0 Å². The summed E-state index contributed by atoms with van der Waals surface area (Å²) < 4.78 is 5.21. The molecule has 3 rings (SSSR count). The van der Waals surface area contributed by atoms with Gasteiger partial charge in [0.05, 0.1) is 13.2 Å². The predicted molar refractivity (Wildman–Crippen MR) is 46.3 cm³/mol. The maximum absolute atomic E-state index is 5.42. The van der Waals surface area contributed by atoms with Crippen molar-refractivity contribution >= 4 is 0 Å². The van der Waals surface area contributed by atoms with Gasteiger partial charge in [-0.25, -0.2) is 0 Å². The number of ether oxygens (including phenoxy) is 1. The van der Waals surface area contributed by atoms with Crippen LogP contribution in [0.5, 0.6) is 0 Å². The molecule has 0 radical (unpaired) electrons. The molecule has 0 aromatic heterocycles. The molecule has 0 aromatic carbocycles. The van der Waals surface area contributed by atoms with Crippen molar-refractivity contribution in [2.75, 3.05) is 13.2 Å². The lowest BCUT2D eigenvalue weighted by molar-refractivity contribution is -0.0619. The molecule has 1 heterocycles. The molecule has 0 N–H and O–H groups in total. The summed E-state index contributed by atoms with van der Waals surface area (Å²) in [5.74, 6) is 7.21. The quantitative estimate of drug-likeness (QED) is 0.531. The lowest BCUT2D eigenvalue weighted by atomic mass is 9.86. The zero-order valence-corrected chi connectivity index (χ0v) is 7.20. The molecule has 0 aromatic rings. The molecule has 0 bridgehead atoms. The minimum absolute atomic E-state index is 0.655. The van der Waals surface area contributed by atoms with Gasteiger partial charge in [-0.15, -0.1) is 12.3 Å². The molecule has 1 saturated heterocycles. The lowest BCUT2D eigenvalue weighted by Gasteiger charge is -2.32. The van der Waals surface area contributed by atoms with Crippen molar-refractivity contribution < 1.29 is 4.74 Å². The van der Waals surface area contributed by atoms with Crippen LogP contribution in [0.15, 0.2) is 0 Å². The highest BCUT2D eigenvalue weighted by Gasteiger charge is 2.56. The highest BCUT2D eigenvalue weighted by atomic mass is 16.5. The average Bonchev–Trinajstić information content (AvgIpc) is 2.42. The van der Waals surface area contributed by atoms with E-state index in [1.165, 1.54) is 12.8 Å². The Morgan fingerprint density at radius 1 is 1.08 bits per heavy atom. The van der Waals surface area contributed by atoms with E-state index in [0.29, 0.717) is 5.92 Å².